The summed E-state index contributed by atoms with van der Waals surface area (Å²) in [5.74, 6) is 0.288. The van der Waals surface area contributed by atoms with E-state index in [9.17, 15) is 10.1 Å². The molecule has 0 N–H and O–H groups in total. The van der Waals surface area contributed by atoms with Crippen LogP contribution in [0.5, 0.6) is 11.5 Å². The average Bonchev–Trinajstić information content (AvgIpc) is 2.82. The molecule has 164 valence electrons. The number of piperazine rings is 1. The van der Waals surface area contributed by atoms with Crippen LogP contribution in [0.1, 0.15) is 12.5 Å². The Morgan fingerprint density at radius 3 is 2.47 bits per heavy atom. The molecule has 2 aromatic rings. The molecule has 3 rings (SSSR count). The van der Waals surface area contributed by atoms with E-state index in [0.717, 1.165) is 5.69 Å². The van der Waals surface area contributed by atoms with E-state index in [1.807, 2.05) is 49.4 Å². The van der Waals surface area contributed by atoms with Gasteiger partial charge in [-0.25, -0.2) is 0 Å². The predicted octanol–water partition coefficient (Wildman–Crippen LogP) is 3.90. The van der Waals surface area contributed by atoms with Gasteiger partial charge in [0.1, 0.15) is 17.7 Å². The Balaban J connectivity index is 1.76. The van der Waals surface area contributed by atoms with Gasteiger partial charge in [-0.3, -0.25) is 4.79 Å². The number of carbonyl (C=O) groups is 1. The lowest BCUT2D eigenvalue weighted by molar-refractivity contribution is -0.126. The Morgan fingerprint density at radius 1 is 1.12 bits per heavy atom. The second-order valence-electron chi connectivity index (χ2n) is 6.99. The van der Waals surface area contributed by atoms with Crippen LogP contribution in [0.4, 0.5) is 5.69 Å². The summed E-state index contributed by atoms with van der Waals surface area (Å²) >= 11 is 6.31. The van der Waals surface area contributed by atoms with E-state index in [0.29, 0.717) is 44.1 Å². The molecule has 8 heteroatoms. The van der Waals surface area contributed by atoms with E-state index in [2.05, 4.69) is 4.90 Å². The summed E-state index contributed by atoms with van der Waals surface area (Å²) in [4.78, 5) is 16.9. The highest BCUT2D eigenvalue weighted by Crippen LogP contribution is 2.37. The number of rotatable bonds is 7. The number of anilines is 1. The molecule has 0 aliphatic carbocycles. The van der Waals surface area contributed by atoms with Crippen molar-refractivity contribution in [2.75, 3.05) is 44.3 Å². The summed E-state index contributed by atoms with van der Waals surface area (Å²) in [6, 6.07) is 17.1. The summed E-state index contributed by atoms with van der Waals surface area (Å²) in [5.41, 5.74) is 1.67. The number of halogens is 1. The molecule has 1 saturated heterocycles. The van der Waals surface area contributed by atoms with Crippen LogP contribution >= 0.6 is 11.6 Å². The van der Waals surface area contributed by atoms with E-state index in [4.69, 9.17) is 26.3 Å². The first kappa shape index (κ1) is 23.0. The van der Waals surface area contributed by atoms with Gasteiger partial charge in [-0.05, 0) is 42.8 Å². The number of para-hydroxylation sites is 1. The second kappa shape index (κ2) is 11.1. The summed E-state index contributed by atoms with van der Waals surface area (Å²) < 4.78 is 10.9. The fourth-order valence-corrected chi connectivity index (χ4v) is 3.74. The molecule has 1 aliphatic rings. The Bertz CT molecular complexity index is 1070. The maximum Gasteiger partial charge on any atom is 0.264 e. The van der Waals surface area contributed by atoms with Crippen LogP contribution in [0.25, 0.3) is 6.08 Å². The quantitative estimate of drug-likeness (QED) is 0.469. The normalized spacial score (nSPS) is 13.8. The van der Waals surface area contributed by atoms with Crippen molar-refractivity contribution in [2.45, 2.75) is 6.92 Å². The zero-order valence-electron chi connectivity index (χ0n) is 17.8. The molecule has 0 radical (unpaired) electrons. The maximum atomic E-state index is 13.0. The second-order valence-corrected chi connectivity index (χ2v) is 7.40. The SMILES string of the molecule is CCOc1cc(/C=C(/C#N)C(=O)N2CCN(c3ccccc3)CC2)cc(Cl)c1OCC#N. The van der Waals surface area contributed by atoms with Crippen molar-refractivity contribution in [1.29, 1.82) is 10.5 Å². The fourth-order valence-electron chi connectivity index (χ4n) is 3.46. The monoisotopic (exact) mass is 450 g/mol. The van der Waals surface area contributed by atoms with Gasteiger partial charge in [-0.15, -0.1) is 0 Å². The minimum Gasteiger partial charge on any atom is -0.490 e. The smallest absolute Gasteiger partial charge is 0.264 e. The predicted molar refractivity (Wildman–Crippen MR) is 123 cm³/mol. The van der Waals surface area contributed by atoms with Crippen molar-refractivity contribution in [3.05, 3.63) is 58.6 Å². The van der Waals surface area contributed by atoms with Gasteiger partial charge in [-0.1, -0.05) is 29.8 Å². The highest BCUT2D eigenvalue weighted by molar-refractivity contribution is 6.32. The number of ether oxygens (including phenoxy) is 2. The molecule has 7 nitrogen and oxygen atoms in total. The Morgan fingerprint density at radius 2 is 1.84 bits per heavy atom. The molecular formula is C24H23ClN4O3. The van der Waals surface area contributed by atoms with Crippen molar-refractivity contribution in [1.82, 2.24) is 4.90 Å². The van der Waals surface area contributed by atoms with Crippen molar-refractivity contribution >= 4 is 29.3 Å². The van der Waals surface area contributed by atoms with Crippen molar-refractivity contribution in [3.8, 4) is 23.6 Å². The first-order chi connectivity index (χ1) is 15.6. The summed E-state index contributed by atoms with van der Waals surface area (Å²) in [7, 11) is 0. The lowest BCUT2D eigenvalue weighted by atomic mass is 10.1. The van der Waals surface area contributed by atoms with E-state index in [1.54, 1.807) is 17.0 Å². The van der Waals surface area contributed by atoms with Crippen molar-refractivity contribution in [2.24, 2.45) is 0 Å². The molecule has 0 bridgehead atoms. The molecule has 1 heterocycles. The molecule has 0 unspecified atom stereocenters. The van der Waals surface area contributed by atoms with Gasteiger partial charge in [0.15, 0.2) is 18.1 Å². The van der Waals surface area contributed by atoms with Crippen LogP contribution in [0, 0.1) is 22.7 Å². The lowest BCUT2D eigenvalue weighted by Crippen LogP contribution is -2.49. The third kappa shape index (κ3) is 5.51. The first-order valence-corrected chi connectivity index (χ1v) is 10.6. The van der Waals surface area contributed by atoms with E-state index in [-0.39, 0.29) is 28.9 Å². The molecule has 1 amide bonds. The van der Waals surface area contributed by atoms with Gasteiger partial charge in [-0.2, -0.15) is 10.5 Å². The Kier molecular flexibility index (Phi) is 7.96. The number of carbonyl (C=O) groups excluding carboxylic acids is 1. The molecule has 32 heavy (non-hydrogen) atoms. The van der Waals surface area contributed by atoms with Gasteiger partial charge in [0.05, 0.1) is 11.6 Å². The summed E-state index contributed by atoms with van der Waals surface area (Å²) in [6.45, 7) is 4.44. The van der Waals surface area contributed by atoms with Gasteiger partial charge in [0.25, 0.3) is 5.91 Å². The summed E-state index contributed by atoms with van der Waals surface area (Å²) in [6.07, 6.45) is 1.49. The number of nitriles is 2. The molecule has 2 aromatic carbocycles. The molecule has 0 aromatic heterocycles. The third-order valence-corrected chi connectivity index (χ3v) is 5.24. The van der Waals surface area contributed by atoms with Crippen LogP contribution in [0.3, 0.4) is 0 Å². The highest BCUT2D eigenvalue weighted by Gasteiger charge is 2.24. The van der Waals surface area contributed by atoms with E-state index in [1.165, 1.54) is 6.08 Å². The van der Waals surface area contributed by atoms with Crippen LogP contribution in [0.2, 0.25) is 5.02 Å². The van der Waals surface area contributed by atoms with Crippen LogP contribution in [-0.4, -0.2) is 50.2 Å². The maximum absolute atomic E-state index is 13.0. The van der Waals surface area contributed by atoms with Crippen LogP contribution in [-0.2, 0) is 4.79 Å². The zero-order chi connectivity index (χ0) is 22.9. The minimum absolute atomic E-state index is 0.0161. The van der Waals surface area contributed by atoms with Gasteiger partial charge in [0, 0.05) is 31.9 Å². The largest absolute Gasteiger partial charge is 0.490 e. The molecule has 0 atom stereocenters. The lowest BCUT2D eigenvalue weighted by Gasteiger charge is -2.36. The van der Waals surface area contributed by atoms with Gasteiger partial charge in [0.2, 0.25) is 0 Å². The Hall–Kier alpha value is -3.68. The molecule has 0 spiro atoms. The molecule has 1 fully saturated rings. The number of nitrogens with zero attached hydrogens (tertiary/aromatic N) is 4. The standard InChI is InChI=1S/C24H23ClN4O3/c1-2-31-22-16-18(15-21(25)23(22)32-13-8-26)14-19(17-27)24(30)29-11-9-28(10-12-29)20-6-4-3-5-7-20/h3-7,14-16H,2,9-13H2,1H3/b19-14-. The van der Waals surface area contributed by atoms with Crippen LogP contribution < -0.4 is 14.4 Å². The van der Waals surface area contributed by atoms with E-state index >= 15 is 0 Å². The van der Waals surface area contributed by atoms with Gasteiger partial charge < -0.3 is 19.3 Å². The average molecular weight is 451 g/mol. The number of benzene rings is 2. The molecule has 0 saturated carbocycles. The first-order valence-electron chi connectivity index (χ1n) is 10.2. The number of hydrogen-bond acceptors (Lipinski definition) is 6. The van der Waals surface area contributed by atoms with Crippen molar-refractivity contribution < 1.29 is 14.3 Å². The third-order valence-electron chi connectivity index (χ3n) is 4.96. The van der Waals surface area contributed by atoms with Crippen molar-refractivity contribution in [3.63, 3.8) is 0 Å². The summed E-state index contributed by atoms with van der Waals surface area (Å²) in [5, 5.41) is 18.6. The van der Waals surface area contributed by atoms with Gasteiger partial charge >= 0.3 is 0 Å². The van der Waals surface area contributed by atoms with E-state index < -0.39 is 0 Å². The fraction of sp³-hybridized carbons (Fsp3) is 0.292. The minimum atomic E-state index is -0.320. The topological polar surface area (TPSA) is 89.6 Å². The highest BCUT2D eigenvalue weighted by atomic mass is 35.5. The van der Waals surface area contributed by atoms with Crippen LogP contribution in [0.15, 0.2) is 48.0 Å². The zero-order valence-corrected chi connectivity index (χ0v) is 18.5. The number of amides is 1. The molecular weight excluding hydrogens is 428 g/mol. The Labute approximate surface area is 192 Å². The molecule has 1 aliphatic heterocycles. The number of hydrogen-bond donors (Lipinski definition) is 0.